The monoisotopic (exact) mass is 572 g/mol. The molecule has 0 fully saturated rings. The van der Waals surface area contributed by atoms with Gasteiger partial charge in [-0.2, -0.15) is 0 Å². The summed E-state index contributed by atoms with van der Waals surface area (Å²) in [7, 11) is 0. The summed E-state index contributed by atoms with van der Waals surface area (Å²) in [6.07, 6.45) is 3.77. The Morgan fingerprint density at radius 2 is 0.778 bits per heavy atom. The van der Waals surface area contributed by atoms with E-state index in [9.17, 15) is 0 Å². The van der Waals surface area contributed by atoms with Crippen molar-refractivity contribution in [3.05, 3.63) is 192 Å². The molecular formula is C43H28N2. The number of benzene rings is 6. The molecule has 8 aromatic rings. The molecule has 2 heteroatoms. The molecule has 9 rings (SSSR count). The van der Waals surface area contributed by atoms with Crippen LogP contribution >= 0.6 is 0 Å². The minimum Gasteiger partial charge on any atom is -0.256 e. The summed E-state index contributed by atoms with van der Waals surface area (Å²) in [6.45, 7) is 0. The van der Waals surface area contributed by atoms with Crippen molar-refractivity contribution < 1.29 is 0 Å². The topological polar surface area (TPSA) is 25.8 Å². The molecular weight excluding hydrogens is 544 g/mol. The fourth-order valence-electron chi connectivity index (χ4n) is 7.55. The van der Waals surface area contributed by atoms with E-state index in [1.165, 1.54) is 54.9 Å². The van der Waals surface area contributed by atoms with Gasteiger partial charge in [-0.1, -0.05) is 109 Å². The highest BCUT2D eigenvalue weighted by molar-refractivity contribution is 6.00. The molecule has 6 aromatic carbocycles. The summed E-state index contributed by atoms with van der Waals surface area (Å²) >= 11 is 0. The zero-order valence-corrected chi connectivity index (χ0v) is 24.6. The molecule has 0 radical (unpaired) electrons. The molecule has 1 aliphatic carbocycles. The lowest BCUT2D eigenvalue weighted by molar-refractivity contribution is 0.772. The summed E-state index contributed by atoms with van der Waals surface area (Å²) in [4.78, 5) is 9.67. The van der Waals surface area contributed by atoms with Crippen molar-refractivity contribution >= 4 is 21.5 Å². The lowest BCUT2D eigenvalue weighted by Gasteiger charge is -2.35. The molecule has 0 amide bonds. The van der Waals surface area contributed by atoms with Gasteiger partial charge in [0.2, 0.25) is 0 Å². The minimum absolute atomic E-state index is 0.575. The van der Waals surface area contributed by atoms with Crippen molar-refractivity contribution in [1.82, 2.24) is 9.97 Å². The zero-order valence-electron chi connectivity index (χ0n) is 24.6. The second-order valence-corrected chi connectivity index (χ2v) is 11.8. The Morgan fingerprint density at radius 3 is 1.24 bits per heavy atom. The maximum absolute atomic E-state index is 4.84. The van der Waals surface area contributed by atoms with Gasteiger partial charge in [0.05, 0.1) is 16.8 Å². The Labute approximate surface area is 262 Å². The van der Waals surface area contributed by atoms with Crippen LogP contribution in [0.25, 0.3) is 55.2 Å². The third-order valence-electron chi connectivity index (χ3n) is 9.42. The van der Waals surface area contributed by atoms with E-state index in [0.29, 0.717) is 0 Å². The smallest absolute Gasteiger partial charge is 0.0714 e. The van der Waals surface area contributed by atoms with Crippen molar-refractivity contribution in [3.63, 3.8) is 0 Å². The predicted molar refractivity (Wildman–Crippen MR) is 185 cm³/mol. The van der Waals surface area contributed by atoms with Crippen molar-refractivity contribution in [2.24, 2.45) is 0 Å². The largest absolute Gasteiger partial charge is 0.256 e. The van der Waals surface area contributed by atoms with Gasteiger partial charge in [0.15, 0.2) is 0 Å². The van der Waals surface area contributed by atoms with E-state index in [1.807, 2.05) is 24.5 Å². The van der Waals surface area contributed by atoms with Crippen LogP contribution in [0.3, 0.4) is 0 Å². The molecule has 0 aliphatic heterocycles. The van der Waals surface area contributed by atoms with E-state index in [2.05, 4.69) is 146 Å². The number of nitrogens with zero attached hydrogens (tertiary/aromatic N) is 2. The van der Waals surface area contributed by atoms with Crippen molar-refractivity contribution in [1.29, 1.82) is 0 Å². The van der Waals surface area contributed by atoms with Crippen LogP contribution in [-0.2, 0) is 5.41 Å². The zero-order chi connectivity index (χ0) is 29.8. The number of hydrogen-bond acceptors (Lipinski definition) is 2. The maximum atomic E-state index is 4.84. The molecule has 1 aliphatic rings. The van der Waals surface area contributed by atoms with Crippen LogP contribution in [0.4, 0.5) is 0 Å². The van der Waals surface area contributed by atoms with Crippen LogP contribution < -0.4 is 0 Å². The third kappa shape index (κ3) is 3.82. The molecule has 0 unspecified atom stereocenters. The number of fused-ring (bicyclic) bond motifs is 5. The van der Waals surface area contributed by atoms with Gasteiger partial charge < -0.3 is 0 Å². The van der Waals surface area contributed by atoms with Crippen molar-refractivity contribution in [3.8, 4) is 33.6 Å². The molecule has 0 saturated carbocycles. The molecule has 0 N–H and O–H groups in total. The van der Waals surface area contributed by atoms with E-state index in [-0.39, 0.29) is 0 Å². The SMILES string of the molecule is c1ccc(-c2cc(C3(c4cc(-c5ccccn5)c5ccccc5c4)c4ccccc4-c4ccccc43)cc3ccccc23)nc1. The molecule has 0 spiro atoms. The van der Waals surface area contributed by atoms with E-state index in [4.69, 9.17) is 9.97 Å². The Morgan fingerprint density at radius 1 is 0.356 bits per heavy atom. The highest BCUT2D eigenvalue weighted by atomic mass is 14.7. The first-order chi connectivity index (χ1) is 22.3. The van der Waals surface area contributed by atoms with E-state index in [0.717, 1.165) is 22.5 Å². The lowest BCUT2D eigenvalue weighted by Crippen LogP contribution is -2.29. The Kier molecular flexibility index (Phi) is 5.76. The first-order valence-corrected chi connectivity index (χ1v) is 15.4. The number of aromatic nitrogens is 2. The molecule has 2 nitrogen and oxygen atoms in total. The summed E-state index contributed by atoms with van der Waals surface area (Å²) in [6, 6.07) is 57.2. The predicted octanol–water partition coefficient (Wildman–Crippen LogP) is 10.5. The molecule has 0 saturated heterocycles. The molecule has 0 bridgehead atoms. The molecule has 2 aromatic heterocycles. The van der Waals surface area contributed by atoms with Crippen LogP contribution in [0.15, 0.2) is 170 Å². The number of pyridine rings is 2. The Bertz CT molecular complexity index is 2200. The molecule has 0 atom stereocenters. The molecule has 210 valence electrons. The summed E-state index contributed by atoms with van der Waals surface area (Å²) < 4.78 is 0. The summed E-state index contributed by atoms with van der Waals surface area (Å²) in [5.41, 5.74) is 11.2. The second kappa shape index (κ2) is 10.1. The fourth-order valence-corrected chi connectivity index (χ4v) is 7.55. The highest BCUT2D eigenvalue weighted by Crippen LogP contribution is 2.57. The van der Waals surface area contributed by atoms with Crippen LogP contribution in [0, 0.1) is 0 Å². The fraction of sp³-hybridized carbons (Fsp3) is 0.0233. The summed E-state index contributed by atoms with van der Waals surface area (Å²) in [5, 5.41) is 4.79. The normalized spacial score (nSPS) is 13.1. The lowest BCUT2D eigenvalue weighted by atomic mass is 9.66. The van der Waals surface area contributed by atoms with Gasteiger partial charge in [0, 0.05) is 23.5 Å². The van der Waals surface area contributed by atoms with Gasteiger partial charge in [-0.3, -0.25) is 9.97 Å². The van der Waals surface area contributed by atoms with Gasteiger partial charge in [-0.25, -0.2) is 0 Å². The van der Waals surface area contributed by atoms with E-state index < -0.39 is 5.41 Å². The third-order valence-corrected chi connectivity index (χ3v) is 9.42. The standard InChI is InChI=1S/C43H28N2/c1-3-15-33-29(13-1)25-31(27-37(33)41-21-9-11-23-44-41)43(39-19-7-5-17-35(39)36-18-6-8-20-40(36)43)32-26-30-14-2-4-16-34(30)38(28-32)42-22-10-12-24-45-42/h1-28H. The first kappa shape index (κ1) is 25.6. The van der Waals surface area contributed by atoms with Crippen molar-refractivity contribution in [2.75, 3.05) is 0 Å². The van der Waals surface area contributed by atoms with Gasteiger partial charge in [-0.05, 0) is 103 Å². The number of hydrogen-bond donors (Lipinski definition) is 0. The van der Waals surface area contributed by atoms with E-state index in [1.54, 1.807) is 0 Å². The van der Waals surface area contributed by atoms with Crippen LogP contribution in [-0.4, -0.2) is 9.97 Å². The summed E-state index contributed by atoms with van der Waals surface area (Å²) in [5.74, 6) is 0. The average molecular weight is 573 g/mol. The highest BCUT2D eigenvalue weighted by Gasteiger charge is 2.46. The Hall–Kier alpha value is -5.86. The van der Waals surface area contributed by atoms with Gasteiger partial charge in [-0.15, -0.1) is 0 Å². The molecule has 45 heavy (non-hydrogen) atoms. The first-order valence-electron chi connectivity index (χ1n) is 15.4. The van der Waals surface area contributed by atoms with Crippen LogP contribution in [0.2, 0.25) is 0 Å². The van der Waals surface area contributed by atoms with Gasteiger partial charge in [0.1, 0.15) is 0 Å². The van der Waals surface area contributed by atoms with Crippen molar-refractivity contribution in [2.45, 2.75) is 5.41 Å². The minimum atomic E-state index is -0.575. The quantitative estimate of drug-likeness (QED) is 0.210. The van der Waals surface area contributed by atoms with Crippen LogP contribution in [0.1, 0.15) is 22.3 Å². The molecule has 2 heterocycles. The van der Waals surface area contributed by atoms with Crippen LogP contribution in [0.5, 0.6) is 0 Å². The average Bonchev–Trinajstić information content (AvgIpc) is 3.42. The van der Waals surface area contributed by atoms with E-state index >= 15 is 0 Å². The number of rotatable bonds is 4. The second-order valence-electron chi connectivity index (χ2n) is 11.8. The maximum Gasteiger partial charge on any atom is 0.0714 e. The van der Waals surface area contributed by atoms with Gasteiger partial charge in [0.25, 0.3) is 0 Å². The van der Waals surface area contributed by atoms with Gasteiger partial charge >= 0.3 is 0 Å². The Balaban J connectivity index is 1.47.